The number of halogens is 3. The molecule has 6 rings (SSSR count). The molecule has 3 aromatic heterocycles. The van der Waals surface area contributed by atoms with Crippen molar-refractivity contribution >= 4 is 28.6 Å². The van der Waals surface area contributed by atoms with Gasteiger partial charge in [-0.25, -0.2) is 15.0 Å². The Morgan fingerprint density at radius 3 is 2.44 bits per heavy atom. The van der Waals surface area contributed by atoms with E-state index in [2.05, 4.69) is 30.6 Å². The first kappa shape index (κ1) is 30.4. The molecule has 11 nitrogen and oxygen atoms in total. The third-order valence-electron chi connectivity index (χ3n) is 8.12. The monoisotopic (exact) mass is 622 g/mol. The molecule has 5 heterocycles. The van der Waals surface area contributed by atoms with Crippen LogP contribution in [-0.4, -0.2) is 73.8 Å². The molecule has 0 spiro atoms. The summed E-state index contributed by atoms with van der Waals surface area (Å²) in [5.74, 6) is 1.39. The largest absolute Gasteiger partial charge is 0.489 e. The van der Waals surface area contributed by atoms with Gasteiger partial charge in [-0.05, 0) is 62.6 Å². The number of likely N-dealkylation sites (tertiary alicyclic amines) is 1. The minimum atomic E-state index is -4.67. The summed E-state index contributed by atoms with van der Waals surface area (Å²) in [6, 6.07) is 8.59. The average molecular weight is 623 g/mol. The molecule has 4 aromatic rings. The second kappa shape index (κ2) is 12.8. The molecule has 0 saturated carbocycles. The van der Waals surface area contributed by atoms with Crippen LogP contribution in [-0.2, 0) is 11.3 Å². The molecule has 1 aromatic carbocycles. The van der Waals surface area contributed by atoms with Crippen LogP contribution in [0.1, 0.15) is 44.3 Å². The summed E-state index contributed by atoms with van der Waals surface area (Å²) in [6.07, 6.45) is 3.14. The highest BCUT2D eigenvalue weighted by Crippen LogP contribution is 2.28. The SMILES string of the molecule is CC(=O)N1CCC(c2ncc(-c3cc4cnc(Nc5ccc(OC6CCCNC6)cc5)nc4n(CC(F)(F)F)c3=O)cn2)CC1. The van der Waals surface area contributed by atoms with Gasteiger partial charge in [0.25, 0.3) is 5.56 Å². The van der Waals surface area contributed by atoms with Crippen LogP contribution in [0.5, 0.6) is 5.75 Å². The molecule has 236 valence electrons. The third-order valence-corrected chi connectivity index (χ3v) is 8.12. The molecule has 2 saturated heterocycles. The molecule has 2 N–H and O–H groups in total. The van der Waals surface area contributed by atoms with Crippen LogP contribution in [0.2, 0.25) is 0 Å². The number of alkyl halides is 3. The first-order valence-electron chi connectivity index (χ1n) is 14.9. The average Bonchev–Trinajstić information content (AvgIpc) is 3.03. The van der Waals surface area contributed by atoms with Crippen LogP contribution in [0.4, 0.5) is 24.8 Å². The van der Waals surface area contributed by atoms with Gasteiger partial charge in [-0.1, -0.05) is 0 Å². The van der Waals surface area contributed by atoms with E-state index in [4.69, 9.17) is 4.74 Å². The van der Waals surface area contributed by atoms with E-state index in [1.54, 1.807) is 29.2 Å². The van der Waals surface area contributed by atoms with E-state index in [1.807, 2.05) is 0 Å². The number of nitrogens with zero attached hydrogens (tertiary/aromatic N) is 6. The summed E-state index contributed by atoms with van der Waals surface area (Å²) in [6.45, 7) is 2.99. The maximum absolute atomic E-state index is 13.7. The molecule has 0 bridgehead atoms. The Hall–Kier alpha value is -4.59. The van der Waals surface area contributed by atoms with Crippen LogP contribution >= 0.6 is 0 Å². The second-order valence-electron chi connectivity index (χ2n) is 11.4. The van der Waals surface area contributed by atoms with Crippen molar-refractivity contribution in [3.8, 4) is 16.9 Å². The number of carbonyl (C=O) groups is 1. The normalized spacial score (nSPS) is 17.8. The quantitative estimate of drug-likeness (QED) is 0.308. The van der Waals surface area contributed by atoms with Crippen molar-refractivity contribution in [3.63, 3.8) is 0 Å². The number of piperidine rings is 2. The van der Waals surface area contributed by atoms with Crippen LogP contribution < -0.4 is 20.9 Å². The van der Waals surface area contributed by atoms with E-state index in [-0.39, 0.29) is 46.0 Å². The number of anilines is 2. The van der Waals surface area contributed by atoms with E-state index in [1.165, 1.54) is 31.6 Å². The van der Waals surface area contributed by atoms with Gasteiger partial charge in [-0.3, -0.25) is 14.2 Å². The smallest absolute Gasteiger partial charge is 0.406 e. The van der Waals surface area contributed by atoms with E-state index in [9.17, 15) is 22.8 Å². The highest BCUT2D eigenvalue weighted by Gasteiger charge is 2.31. The first-order chi connectivity index (χ1) is 21.6. The molecular weight excluding hydrogens is 589 g/mol. The number of hydrogen-bond donors (Lipinski definition) is 2. The van der Waals surface area contributed by atoms with Gasteiger partial charge in [-0.2, -0.15) is 18.2 Å². The number of pyridine rings is 1. The maximum atomic E-state index is 13.7. The van der Waals surface area contributed by atoms with Crippen LogP contribution in [0, 0.1) is 0 Å². The van der Waals surface area contributed by atoms with Crippen molar-refractivity contribution in [3.05, 3.63) is 65.1 Å². The predicted octanol–water partition coefficient (Wildman–Crippen LogP) is 4.41. The highest BCUT2D eigenvalue weighted by atomic mass is 19.4. The van der Waals surface area contributed by atoms with Crippen molar-refractivity contribution in [1.82, 2.24) is 34.7 Å². The number of carbonyl (C=O) groups excluding carboxylic acids is 1. The van der Waals surface area contributed by atoms with Gasteiger partial charge in [0.1, 0.15) is 29.9 Å². The fraction of sp³-hybridized carbons (Fsp3) is 0.419. The Balaban J connectivity index is 1.24. The zero-order chi connectivity index (χ0) is 31.6. The summed E-state index contributed by atoms with van der Waals surface area (Å²) in [7, 11) is 0. The Kier molecular flexibility index (Phi) is 8.65. The highest BCUT2D eigenvalue weighted by molar-refractivity contribution is 5.81. The van der Waals surface area contributed by atoms with Crippen LogP contribution in [0.15, 0.2) is 53.7 Å². The number of ether oxygens (including phenoxy) is 1. The molecule has 1 amide bonds. The third kappa shape index (κ3) is 7.22. The number of nitrogens with one attached hydrogen (secondary N) is 2. The van der Waals surface area contributed by atoms with Crippen molar-refractivity contribution in [2.75, 3.05) is 31.5 Å². The molecule has 2 aliphatic rings. The van der Waals surface area contributed by atoms with Crippen LogP contribution in [0.25, 0.3) is 22.2 Å². The molecule has 1 atom stereocenters. The zero-order valence-electron chi connectivity index (χ0n) is 24.7. The van der Waals surface area contributed by atoms with Gasteiger partial charge < -0.3 is 20.3 Å². The fourth-order valence-corrected chi connectivity index (χ4v) is 5.75. The van der Waals surface area contributed by atoms with E-state index in [0.717, 1.165) is 25.9 Å². The lowest BCUT2D eigenvalue weighted by Gasteiger charge is -2.30. The van der Waals surface area contributed by atoms with Crippen molar-refractivity contribution in [2.24, 2.45) is 0 Å². The van der Waals surface area contributed by atoms with Gasteiger partial charge in [0.2, 0.25) is 11.9 Å². The molecule has 0 radical (unpaired) electrons. The van der Waals surface area contributed by atoms with Gasteiger partial charge in [-0.15, -0.1) is 0 Å². The Morgan fingerprint density at radius 2 is 1.80 bits per heavy atom. The van der Waals surface area contributed by atoms with Gasteiger partial charge in [0.15, 0.2) is 0 Å². The van der Waals surface area contributed by atoms with E-state index in [0.29, 0.717) is 47.8 Å². The molecule has 2 fully saturated rings. The van der Waals surface area contributed by atoms with Crippen LogP contribution in [0.3, 0.4) is 0 Å². The number of fused-ring (bicyclic) bond motifs is 1. The number of amides is 1. The lowest BCUT2D eigenvalue weighted by atomic mass is 9.96. The zero-order valence-corrected chi connectivity index (χ0v) is 24.7. The molecule has 2 aliphatic heterocycles. The van der Waals surface area contributed by atoms with Crippen molar-refractivity contribution in [1.29, 1.82) is 0 Å². The number of hydrogen-bond acceptors (Lipinski definition) is 9. The number of rotatable bonds is 7. The maximum Gasteiger partial charge on any atom is 0.406 e. The van der Waals surface area contributed by atoms with E-state index < -0.39 is 18.3 Å². The molecular formula is C31H33F3N8O3. The van der Waals surface area contributed by atoms with Gasteiger partial charge in [0.05, 0.1) is 5.56 Å². The minimum absolute atomic E-state index is 0.0118. The summed E-state index contributed by atoms with van der Waals surface area (Å²) < 4.78 is 47.7. The van der Waals surface area contributed by atoms with E-state index >= 15 is 0 Å². The summed E-state index contributed by atoms with van der Waals surface area (Å²) in [5.41, 5.74) is -0.115. The molecule has 14 heteroatoms. The summed E-state index contributed by atoms with van der Waals surface area (Å²) in [4.78, 5) is 44.4. The van der Waals surface area contributed by atoms with Gasteiger partial charge >= 0.3 is 6.18 Å². The summed E-state index contributed by atoms with van der Waals surface area (Å²) in [5, 5.41) is 6.56. The molecule has 0 aliphatic carbocycles. The lowest BCUT2D eigenvalue weighted by Crippen LogP contribution is -2.37. The topological polar surface area (TPSA) is 127 Å². The first-order valence-corrected chi connectivity index (χ1v) is 14.9. The Labute approximate surface area is 256 Å². The Morgan fingerprint density at radius 1 is 1.07 bits per heavy atom. The number of aromatic nitrogens is 5. The Bertz CT molecular complexity index is 1710. The number of benzene rings is 1. The summed E-state index contributed by atoms with van der Waals surface area (Å²) >= 11 is 0. The molecule has 1 unspecified atom stereocenters. The standard InChI is InChI=1S/C31H33F3N8O3/c1-19(43)41-11-8-20(9-12-41)27-36-15-22(16-37-27)26-13-21-14-38-30(40-28(21)42(29(26)44)18-31(32,33)34)39-23-4-6-24(7-5-23)45-25-3-2-10-35-17-25/h4-7,13-16,20,25,35H,2-3,8-12,17-18H2,1H3,(H,38,39,40). The lowest BCUT2D eigenvalue weighted by molar-refractivity contribution is -0.140. The second-order valence-corrected chi connectivity index (χ2v) is 11.4. The fourth-order valence-electron chi connectivity index (χ4n) is 5.75. The van der Waals surface area contributed by atoms with Crippen molar-refractivity contribution < 1.29 is 22.7 Å². The van der Waals surface area contributed by atoms with Crippen molar-refractivity contribution in [2.45, 2.75) is 57.3 Å². The molecule has 45 heavy (non-hydrogen) atoms. The minimum Gasteiger partial charge on any atom is -0.489 e. The predicted molar refractivity (Wildman–Crippen MR) is 161 cm³/mol. The van der Waals surface area contributed by atoms with Gasteiger partial charge in [0, 0.05) is 67.7 Å².